The number of rotatable bonds is 4. The van der Waals surface area contributed by atoms with E-state index in [-0.39, 0.29) is 10.7 Å². The summed E-state index contributed by atoms with van der Waals surface area (Å²) in [6.07, 6.45) is 0. The van der Waals surface area contributed by atoms with Gasteiger partial charge in [0.15, 0.2) is 10.7 Å². The molecule has 5 heteroatoms. The van der Waals surface area contributed by atoms with Crippen LogP contribution in [0.4, 0.5) is 0 Å². The fourth-order valence-electron chi connectivity index (χ4n) is 2.09. The molecule has 0 aliphatic rings. The molecule has 0 spiro atoms. The summed E-state index contributed by atoms with van der Waals surface area (Å²) in [4.78, 5) is 23.2. The molecule has 2 rings (SSSR count). The van der Waals surface area contributed by atoms with Gasteiger partial charge in [-0.3, -0.25) is 4.79 Å². The number of thioether (sulfide) groups is 1. The number of carboxylic acid groups (broad SMARTS) is 1. The predicted molar refractivity (Wildman–Crippen MR) is 85.6 cm³/mol. The first kappa shape index (κ1) is 16.3. The van der Waals surface area contributed by atoms with Crippen LogP contribution in [0.2, 0.25) is 0 Å². The van der Waals surface area contributed by atoms with Crippen LogP contribution in [0.25, 0.3) is 11.1 Å². The van der Waals surface area contributed by atoms with Gasteiger partial charge in [0.25, 0.3) is 0 Å². The lowest BCUT2D eigenvalue weighted by Crippen LogP contribution is -2.32. The van der Waals surface area contributed by atoms with Gasteiger partial charge in [-0.25, -0.2) is 4.79 Å². The number of carbonyl (C=O) groups is 2. The topological polar surface area (TPSA) is 74.6 Å². The standard InChI is InChI=1S/C17H16O4S/c1-11(18)22-15-10-13(12-6-4-3-5-7-12)8-9-14(15)17(2,21)16(19)20/h3-10,21H,1-2H3,(H,19,20). The van der Waals surface area contributed by atoms with Crippen molar-refractivity contribution >= 4 is 22.8 Å². The van der Waals surface area contributed by atoms with Gasteiger partial charge in [-0.15, -0.1) is 0 Å². The maximum Gasteiger partial charge on any atom is 0.340 e. The van der Waals surface area contributed by atoms with Crippen molar-refractivity contribution in [2.45, 2.75) is 24.3 Å². The van der Waals surface area contributed by atoms with E-state index in [1.54, 1.807) is 18.2 Å². The first-order valence-electron chi connectivity index (χ1n) is 6.66. The van der Waals surface area contributed by atoms with Crippen LogP contribution in [-0.4, -0.2) is 21.3 Å². The van der Waals surface area contributed by atoms with Crippen molar-refractivity contribution in [3.8, 4) is 11.1 Å². The van der Waals surface area contributed by atoms with Crippen molar-refractivity contribution in [2.24, 2.45) is 0 Å². The summed E-state index contributed by atoms with van der Waals surface area (Å²) in [6.45, 7) is 2.61. The van der Waals surface area contributed by atoms with Gasteiger partial charge >= 0.3 is 5.97 Å². The molecule has 2 N–H and O–H groups in total. The third-order valence-electron chi connectivity index (χ3n) is 3.28. The Morgan fingerprint density at radius 1 is 1.05 bits per heavy atom. The van der Waals surface area contributed by atoms with Gasteiger partial charge in [0.1, 0.15) is 0 Å². The van der Waals surface area contributed by atoms with Gasteiger partial charge in [-0.1, -0.05) is 54.2 Å². The molecule has 0 fully saturated rings. The molecule has 2 aromatic rings. The summed E-state index contributed by atoms with van der Waals surface area (Å²) in [5.74, 6) is -1.36. The molecular formula is C17H16O4S. The normalized spacial score (nSPS) is 13.4. The van der Waals surface area contributed by atoms with Gasteiger partial charge in [0.05, 0.1) is 0 Å². The van der Waals surface area contributed by atoms with E-state index >= 15 is 0 Å². The van der Waals surface area contributed by atoms with Crippen LogP contribution in [0.5, 0.6) is 0 Å². The number of aliphatic carboxylic acids is 1. The monoisotopic (exact) mass is 316 g/mol. The summed E-state index contributed by atoms with van der Waals surface area (Å²) >= 11 is 0.916. The average Bonchev–Trinajstić information content (AvgIpc) is 2.47. The highest BCUT2D eigenvalue weighted by molar-refractivity contribution is 8.13. The van der Waals surface area contributed by atoms with Gasteiger partial charge in [0.2, 0.25) is 0 Å². The van der Waals surface area contributed by atoms with E-state index in [0.29, 0.717) is 4.90 Å². The van der Waals surface area contributed by atoms with Gasteiger partial charge in [0, 0.05) is 17.4 Å². The zero-order valence-electron chi connectivity index (χ0n) is 12.2. The predicted octanol–water partition coefficient (Wildman–Crippen LogP) is 3.28. The molecule has 0 aromatic heterocycles. The molecule has 1 unspecified atom stereocenters. The molecule has 1 atom stereocenters. The number of benzene rings is 2. The van der Waals surface area contributed by atoms with Crippen LogP contribution in [0.1, 0.15) is 19.4 Å². The van der Waals surface area contributed by atoms with Gasteiger partial charge in [-0.2, -0.15) is 0 Å². The molecule has 22 heavy (non-hydrogen) atoms. The van der Waals surface area contributed by atoms with Crippen LogP contribution in [-0.2, 0) is 15.2 Å². The second-order valence-electron chi connectivity index (χ2n) is 5.05. The number of carbonyl (C=O) groups excluding carboxylic acids is 1. The lowest BCUT2D eigenvalue weighted by molar-refractivity contribution is -0.157. The van der Waals surface area contributed by atoms with Crippen molar-refractivity contribution in [1.29, 1.82) is 0 Å². The van der Waals surface area contributed by atoms with Crippen LogP contribution in [0, 0.1) is 0 Å². The molecule has 2 aromatic carbocycles. The minimum absolute atomic E-state index is 0.173. The van der Waals surface area contributed by atoms with E-state index in [9.17, 15) is 19.8 Å². The Bertz CT molecular complexity index is 708. The first-order chi connectivity index (χ1) is 10.3. The van der Waals surface area contributed by atoms with Crippen molar-refractivity contribution in [2.75, 3.05) is 0 Å². The molecule has 0 aliphatic heterocycles. The highest BCUT2D eigenvalue weighted by Crippen LogP contribution is 2.35. The third kappa shape index (κ3) is 3.37. The first-order valence-corrected chi connectivity index (χ1v) is 7.48. The second-order valence-corrected chi connectivity index (χ2v) is 6.27. The summed E-state index contributed by atoms with van der Waals surface area (Å²) in [6, 6.07) is 14.6. The quantitative estimate of drug-likeness (QED) is 0.847. The van der Waals surface area contributed by atoms with E-state index in [0.717, 1.165) is 22.9 Å². The molecule has 0 saturated heterocycles. The van der Waals surface area contributed by atoms with Crippen molar-refractivity contribution < 1.29 is 19.8 Å². The van der Waals surface area contributed by atoms with E-state index in [1.165, 1.54) is 13.8 Å². The van der Waals surface area contributed by atoms with Gasteiger partial charge in [-0.05, 0) is 24.1 Å². The number of hydrogen-bond acceptors (Lipinski definition) is 4. The molecule has 0 aliphatic carbocycles. The zero-order valence-corrected chi connectivity index (χ0v) is 13.1. The summed E-state index contributed by atoms with van der Waals surface area (Å²) in [5, 5.41) is 19.2. The fraction of sp³-hybridized carbons (Fsp3) is 0.176. The molecule has 0 bridgehead atoms. The Morgan fingerprint density at radius 3 is 2.23 bits per heavy atom. The van der Waals surface area contributed by atoms with Crippen molar-refractivity contribution in [3.63, 3.8) is 0 Å². The largest absolute Gasteiger partial charge is 0.479 e. The Kier molecular flexibility index (Phi) is 4.68. The van der Waals surface area contributed by atoms with Crippen LogP contribution >= 0.6 is 11.8 Å². The smallest absolute Gasteiger partial charge is 0.340 e. The number of aliphatic hydroxyl groups is 1. The maximum atomic E-state index is 11.4. The van der Waals surface area contributed by atoms with Crippen LogP contribution in [0.15, 0.2) is 53.4 Å². The van der Waals surface area contributed by atoms with Crippen molar-refractivity contribution in [1.82, 2.24) is 0 Å². The number of carboxylic acids is 1. The molecule has 0 heterocycles. The summed E-state index contributed by atoms with van der Waals surface area (Å²) < 4.78 is 0. The molecule has 0 saturated carbocycles. The zero-order chi connectivity index (χ0) is 16.3. The lowest BCUT2D eigenvalue weighted by Gasteiger charge is -2.22. The third-order valence-corrected chi connectivity index (χ3v) is 4.13. The average molecular weight is 316 g/mol. The fourth-order valence-corrected chi connectivity index (χ4v) is 2.96. The maximum absolute atomic E-state index is 11.4. The van der Waals surface area contributed by atoms with Gasteiger partial charge < -0.3 is 10.2 Å². The molecule has 4 nitrogen and oxygen atoms in total. The van der Waals surface area contributed by atoms with Crippen LogP contribution in [0.3, 0.4) is 0 Å². The van der Waals surface area contributed by atoms with E-state index in [2.05, 4.69) is 0 Å². The Hall–Kier alpha value is -2.11. The molecule has 0 radical (unpaired) electrons. The number of hydrogen-bond donors (Lipinski definition) is 2. The Morgan fingerprint density at radius 2 is 1.68 bits per heavy atom. The minimum Gasteiger partial charge on any atom is -0.479 e. The molecular weight excluding hydrogens is 300 g/mol. The summed E-state index contributed by atoms with van der Waals surface area (Å²) in [7, 11) is 0. The second kappa shape index (κ2) is 6.34. The minimum atomic E-state index is -2.05. The van der Waals surface area contributed by atoms with E-state index in [4.69, 9.17) is 0 Å². The Labute approximate surface area is 132 Å². The van der Waals surface area contributed by atoms with Crippen molar-refractivity contribution in [3.05, 3.63) is 54.1 Å². The van der Waals surface area contributed by atoms with E-state index in [1.807, 2.05) is 30.3 Å². The highest BCUT2D eigenvalue weighted by atomic mass is 32.2. The summed E-state index contributed by atoms with van der Waals surface area (Å²) in [5.41, 5.74) is -0.0314. The SMILES string of the molecule is CC(=O)Sc1cc(-c2ccccc2)ccc1C(C)(O)C(=O)O. The van der Waals surface area contributed by atoms with Crippen LogP contribution < -0.4 is 0 Å². The molecule has 114 valence electrons. The Balaban J connectivity index is 2.57. The lowest BCUT2D eigenvalue weighted by atomic mass is 9.94. The highest BCUT2D eigenvalue weighted by Gasteiger charge is 2.35. The van der Waals surface area contributed by atoms with E-state index < -0.39 is 11.6 Å². The molecule has 0 amide bonds.